The molecule has 1 aromatic heterocycles. The van der Waals surface area contributed by atoms with Crippen LogP contribution < -0.4 is 5.32 Å². The molecule has 1 saturated heterocycles. The highest BCUT2D eigenvalue weighted by atomic mass is 35.5. The van der Waals surface area contributed by atoms with Crippen LogP contribution in [0.2, 0.25) is 0 Å². The molecular weight excluding hydrogens is 268 g/mol. The Bertz CT molecular complexity index is 425. The third-order valence-electron chi connectivity index (χ3n) is 3.61. The largest absolute Gasteiger partial charge is 0.335 e. The lowest BCUT2D eigenvalue weighted by Crippen LogP contribution is -2.51. The van der Waals surface area contributed by atoms with Crippen LogP contribution in [0.4, 0.5) is 0 Å². The van der Waals surface area contributed by atoms with Crippen molar-refractivity contribution in [3.8, 4) is 0 Å². The van der Waals surface area contributed by atoms with Crippen LogP contribution >= 0.6 is 23.7 Å². The number of carbonyl (C=O) groups is 1. The summed E-state index contributed by atoms with van der Waals surface area (Å²) >= 11 is 1.71. The first-order valence-corrected chi connectivity index (χ1v) is 7.20. The molecule has 1 unspecified atom stereocenters. The average molecular weight is 287 g/mol. The van der Waals surface area contributed by atoms with Crippen LogP contribution in [-0.2, 0) is 12.8 Å². The maximum absolute atomic E-state index is 12.4. The molecular formula is C13H19ClN2OS. The summed E-state index contributed by atoms with van der Waals surface area (Å²) in [6.07, 6.45) is 3.60. The van der Waals surface area contributed by atoms with Crippen LogP contribution in [0.25, 0.3) is 0 Å². The van der Waals surface area contributed by atoms with Gasteiger partial charge in [0.25, 0.3) is 5.91 Å². The van der Waals surface area contributed by atoms with Crippen LogP contribution in [-0.4, -0.2) is 36.5 Å². The van der Waals surface area contributed by atoms with Gasteiger partial charge in [0.1, 0.15) is 0 Å². The SMILES string of the molecule is CC1CN(C(=O)c2cc3c(s2)CCC3)CCN1.Cl. The van der Waals surface area contributed by atoms with Gasteiger partial charge in [-0.1, -0.05) is 0 Å². The minimum absolute atomic E-state index is 0. The molecule has 3 rings (SSSR count). The van der Waals surface area contributed by atoms with Gasteiger partial charge in [-0.2, -0.15) is 0 Å². The van der Waals surface area contributed by atoms with E-state index < -0.39 is 0 Å². The van der Waals surface area contributed by atoms with Gasteiger partial charge in [-0.05, 0) is 37.8 Å². The maximum atomic E-state index is 12.4. The van der Waals surface area contributed by atoms with Crippen molar-refractivity contribution in [1.82, 2.24) is 10.2 Å². The van der Waals surface area contributed by atoms with Crippen molar-refractivity contribution in [3.05, 3.63) is 21.4 Å². The quantitative estimate of drug-likeness (QED) is 0.857. The van der Waals surface area contributed by atoms with Gasteiger partial charge < -0.3 is 10.2 Å². The second kappa shape index (κ2) is 5.59. The fraction of sp³-hybridized carbons (Fsp3) is 0.615. The fourth-order valence-electron chi connectivity index (χ4n) is 2.71. The summed E-state index contributed by atoms with van der Waals surface area (Å²) in [6.45, 7) is 4.72. The topological polar surface area (TPSA) is 32.3 Å². The molecule has 18 heavy (non-hydrogen) atoms. The van der Waals surface area contributed by atoms with Gasteiger partial charge in [0, 0.05) is 30.6 Å². The molecule has 1 aliphatic carbocycles. The summed E-state index contributed by atoms with van der Waals surface area (Å²) in [4.78, 5) is 16.7. The van der Waals surface area contributed by atoms with Crippen molar-refractivity contribution in [1.29, 1.82) is 0 Å². The third-order valence-corrected chi connectivity index (χ3v) is 4.84. The molecule has 2 heterocycles. The van der Waals surface area contributed by atoms with Crippen molar-refractivity contribution in [2.75, 3.05) is 19.6 Å². The molecule has 1 amide bonds. The minimum Gasteiger partial charge on any atom is -0.335 e. The molecule has 0 radical (unpaired) electrons. The van der Waals surface area contributed by atoms with E-state index in [9.17, 15) is 4.79 Å². The highest BCUT2D eigenvalue weighted by Crippen LogP contribution is 2.31. The summed E-state index contributed by atoms with van der Waals surface area (Å²) < 4.78 is 0. The van der Waals surface area contributed by atoms with E-state index in [-0.39, 0.29) is 18.3 Å². The van der Waals surface area contributed by atoms with Crippen LogP contribution in [0, 0.1) is 0 Å². The van der Waals surface area contributed by atoms with E-state index in [0.29, 0.717) is 6.04 Å². The van der Waals surface area contributed by atoms with Gasteiger partial charge in [0.2, 0.25) is 0 Å². The number of nitrogens with zero attached hydrogens (tertiary/aromatic N) is 1. The van der Waals surface area contributed by atoms with E-state index in [0.717, 1.165) is 30.9 Å². The van der Waals surface area contributed by atoms with E-state index in [4.69, 9.17) is 0 Å². The zero-order valence-corrected chi connectivity index (χ0v) is 12.2. The van der Waals surface area contributed by atoms with Crippen LogP contribution in [0.15, 0.2) is 6.07 Å². The number of amides is 1. The Balaban J connectivity index is 0.00000120. The Kier molecular flexibility index (Phi) is 4.30. The smallest absolute Gasteiger partial charge is 0.264 e. The van der Waals surface area contributed by atoms with Crippen molar-refractivity contribution >= 4 is 29.7 Å². The molecule has 3 nitrogen and oxygen atoms in total. The summed E-state index contributed by atoms with van der Waals surface area (Å²) in [5, 5.41) is 3.37. The molecule has 100 valence electrons. The third kappa shape index (κ3) is 2.56. The Morgan fingerprint density at radius 2 is 2.33 bits per heavy atom. The van der Waals surface area contributed by atoms with Crippen LogP contribution in [0.3, 0.4) is 0 Å². The highest BCUT2D eigenvalue weighted by molar-refractivity contribution is 7.14. The Hall–Kier alpha value is -0.580. The summed E-state index contributed by atoms with van der Waals surface area (Å²) in [5.74, 6) is 0.234. The predicted molar refractivity (Wildman–Crippen MR) is 77.0 cm³/mol. The molecule has 1 aromatic rings. The zero-order chi connectivity index (χ0) is 11.8. The molecule has 0 spiro atoms. The first-order valence-electron chi connectivity index (χ1n) is 6.38. The second-order valence-electron chi connectivity index (χ2n) is 5.02. The number of aryl methyl sites for hydroxylation is 2. The number of halogens is 1. The molecule has 1 fully saturated rings. The normalized spacial score (nSPS) is 22.5. The van der Waals surface area contributed by atoms with E-state index in [1.165, 1.54) is 23.3 Å². The number of thiophene rings is 1. The monoisotopic (exact) mass is 286 g/mol. The fourth-order valence-corrected chi connectivity index (χ4v) is 3.93. The van der Waals surface area contributed by atoms with Crippen molar-refractivity contribution in [2.45, 2.75) is 32.2 Å². The number of carbonyl (C=O) groups excluding carboxylic acids is 1. The van der Waals surface area contributed by atoms with Crippen LogP contribution in [0.5, 0.6) is 0 Å². The van der Waals surface area contributed by atoms with Gasteiger partial charge in [-0.15, -0.1) is 23.7 Å². The van der Waals surface area contributed by atoms with Crippen LogP contribution in [0.1, 0.15) is 33.5 Å². The Morgan fingerprint density at radius 1 is 1.50 bits per heavy atom. The van der Waals surface area contributed by atoms with Crippen molar-refractivity contribution in [2.24, 2.45) is 0 Å². The van der Waals surface area contributed by atoms with Gasteiger partial charge >= 0.3 is 0 Å². The highest BCUT2D eigenvalue weighted by Gasteiger charge is 2.25. The number of fused-ring (bicyclic) bond motifs is 1. The molecule has 0 bridgehead atoms. The number of hydrogen-bond acceptors (Lipinski definition) is 3. The van der Waals surface area contributed by atoms with Gasteiger partial charge in [-0.3, -0.25) is 4.79 Å². The molecule has 1 aliphatic heterocycles. The Morgan fingerprint density at radius 3 is 3.06 bits per heavy atom. The Labute approximate surface area is 118 Å². The molecule has 1 N–H and O–H groups in total. The minimum atomic E-state index is 0. The number of hydrogen-bond donors (Lipinski definition) is 1. The van der Waals surface area contributed by atoms with Crippen molar-refractivity contribution < 1.29 is 4.79 Å². The van der Waals surface area contributed by atoms with E-state index >= 15 is 0 Å². The first-order chi connectivity index (χ1) is 8.24. The molecule has 0 aromatic carbocycles. The lowest BCUT2D eigenvalue weighted by molar-refractivity contribution is 0.0714. The molecule has 0 saturated carbocycles. The van der Waals surface area contributed by atoms with Gasteiger partial charge in [0.15, 0.2) is 0 Å². The van der Waals surface area contributed by atoms with E-state index in [1.807, 2.05) is 4.90 Å². The molecule has 2 aliphatic rings. The number of nitrogens with one attached hydrogen (secondary N) is 1. The molecule has 1 atom stereocenters. The predicted octanol–water partition coefficient (Wildman–Crippen LogP) is 2.09. The standard InChI is InChI=1S/C13H18N2OS.ClH/c1-9-8-15(6-5-14-9)13(16)12-7-10-3-2-4-11(10)17-12;/h7,9,14H,2-6,8H2,1H3;1H. The van der Waals surface area contributed by atoms with Gasteiger partial charge in [-0.25, -0.2) is 0 Å². The first kappa shape index (κ1) is 13.8. The van der Waals surface area contributed by atoms with E-state index in [2.05, 4.69) is 18.3 Å². The average Bonchev–Trinajstić information content (AvgIpc) is 2.88. The summed E-state index contributed by atoms with van der Waals surface area (Å²) in [7, 11) is 0. The zero-order valence-electron chi connectivity index (χ0n) is 10.6. The second-order valence-corrected chi connectivity index (χ2v) is 6.16. The lowest BCUT2D eigenvalue weighted by atomic mass is 10.2. The lowest BCUT2D eigenvalue weighted by Gasteiger charge is -2.31. The summed E-state index contributed by atoms with van der Waals surface area (Å²) in [5.41, 5.74) is 1.42. The maximum Gasteiger partial charge on any atom is 0.264 e. The summed E-state index contributed by atoms with van der Waals surface area (Å²) in [6, 6.07) is 2.54. The number of rotatable bonds is 1. The van der Waals surface area contributed by atoms with E-state index in [1.54, 1.807) is 11.3 Å². The van der Waals surface area contributed by atoms with Gasteiger partial charge in [0.05, 0.1) is 4.88 Å². The van der Waals surface area contributed by atoms with Crippen molar-refractivity contribution in [3.63, 3.8) is 0 Å². The molecule has 5 heteroatoms. The number of piperazine rings is 1.